The predicted octanol–water partition coefficient (Wildman–Crippen LogP) is 5.31. The summed E-state index contributed by atoms with van der Waals surface area (Å²) in [7, 11) is -2.90. The maximum absolute atomic E-state index is 15.4. The molecule has 190 valence electrons. The summed E-state index contributed by atoms with van der Waals surface area (Å²) in [5, 5.41) is 0.552. The van der Waals surface area contributed by atoms with Crippen molar-refractivity contribution in [3.8, 4) is 5.75 Å². The highest BCUT2D eigenvalue weighted by Crippen LogP contribution is 2.39. The van der Waals surface area contributed by atoms with Gasteiger partial charge in [-0.1, -0.05) is 36.4 Å². The van der Waals surface area contributed by atoms with Crippen molar-refractivity contribution in [1.82, 2.24) is 8.69 Å². The van der Waals surface area contributed by atoms with E-state index in [1.807, 2.05) is 0 Å². The number of hydrogen-bond acceptors (Lipinski definition) is 5. The van der Waals surface area contributed by atoms with Gasteiger partial charge in [0.1, 0.15) is 16.5 Å². The van der Waals surface area contributed by atoms with E-state index in [0.29, 0.717) is 10.9 Å². The number of nitrogens with zero attached hydrogens (tertiary/aromatic N) is 1. The van der Waals surface area contributed by atoms with E-state index in [4.69, 9.17) is 4.74 Å². The first kappa shape index (κ1) is 26.2. The fourth-order valence-electron chi connectivity index (χ4n) is 3.86. The van der Waals surface area contributed by atoms with Crippen LogP contribution in [0.3, 0.4) is 0 Å². The highest BCUT2D eigenvalue weighted by molar-refractivity contribution is 7.91. The summed E-state index contributed by atoms with van der Waals surface area (Å²) in [4.78, 5) is 0.00924. The number of halogens is 2. The van der Waals surface area contributed by atoms with Gasteiger partial charge >= 0.3 is 0 Å². The Hall–Kier alpha value is -2.92. The number of ether oxygens (including phenoxy) is 1. The zero-order valence-electron chi connectivity index (χ0n) is 20.2. The third-order valence-corrected chi connectivity index (χ3v) is 8.97. The van der Waals surface area contributed by atoms with Crippen LogP contribution in [0, 0.1) is 11.6 Å². The van der Waals surface area contributed by atoms with Crippen LogP contribution in [0.4, 0.5) is 8.78 Å². The molecule has 0 spiro atoms. The molecule has 36 heavy (non-hydrogen) atoms. The van der Waals surface area contributed by atoms with Crippen molar-refractivity contribution in [2.24, 2.45) is 0 Å². The van der Waals surface area contributed by atoms with E-state index in [-0.39, 0.29) is 21.9 Å². The van der Waals surface area contributed by atoms with Crippen LogP contribution in [0.1, 0.15) is 38.1 Å². The second kappa shape index (κ2) is 9.85. The van der Waals surface area contributed by atoms with Crippen LogP contribution in [0.15, 0.2) is 77.7 Å². The quantitative estimate of drug-likeness (QED) is 0.326. The summed E-state index contributed by atoms with van der Waals surface area (Å²) in [5.74, 6) is -2.40. The molecular weight excluding hydrogens is 506 g/mol. The molecule has 0 saturated heterocycles. The molecule has 0 saturated carbocycles. The highest BCUT2D eigenvalue weighted by Gasteiger charge is 2.38. The van der Waals surface area contributed by atoms with Crippen LogP contribution >= 0.6 is 0 Å². The Kier molecular flexibility index (Phi) is 7.16. The monoisotopic (exact) mass is 532 g/mol. The average molecular weight is 533 g/mol. The van der Waals surface area contributed by atoms with Gasteiger partial charge in [0.05, 0.1) is 28.8 Å². The maximum atomic E-state index is 15.4. The number of nitrogens with one attached hydrogen (secondary N) is 1. The molecule has 1 unspecified atom stereocenters. The van der Waals surface area contributed by atoms with Gasteiger partial charge in [-0.05, 0) is 57.2 Å². The van der Waals surface area contributed by atoms with Gasteiger partial charge in [0.15, 0.2) is 11.6 Å². The second-order valence-corrected chi connectivity index (χ2v) is 12.9. The zero-order valence-corrected chi connectivity index (χ0v) is 21.8. The molecule has 0 bridgehead atoms. The maximum Gasteiger partial charge on any atom is 0.268 e. The number of rotatable bonds is 7. The molecule has 3 aromatic carbocycles. The SMILES string of the molecule is COc1ccc(F)c(F)c1C(N[S@@+]([O-])C(C)(C)C)c1cc2ccccc2n1S(=O)(=O)c1ccccc1. The average Bonchev–Trinajstić information content (AvgIpc) is 3.24. The van der Waals surface area contributed by atoms with E-state index >= 15 is 4.39 Å². The van der Waals surface area contributed by atoms with E-state index < -0.39 is 43.8 Å². The number of benzene rings is 3. The molecule has 0 amide bonds. The number of fused-ring (bicyclic) bond motifs is 1. The number of aromatic nitrogens is 1. The lowest BCUT2D eigenvalue weighted by atomic mass is 10.0. The Morgan fingerprint density at radius 2 is 1.64 bits per heavy atom. The number of hydrogen-bond donors (Lipinski definition) is 1. The molecule has 6 nitrogen and oxygen atoms in total. The minimum absolute atomic E-state index is 0.00924. The van der Waals surface area contributed by atoms with Gasteiger partial charge in [0, 0.05) is 16.7 Å². The van der Waals surface area contributed by atoms with Crippen molar-refractivity contribution >= 4 is 32.3 Å². The molecule has 2 atom stereocenters. The van der Waals surface area contributed by atoms with Gasteiger partial charge in [-0.3, -0.25) is 0 Å². The van der Waals surface area contributed by atoms with Gasteiger partial charge in [0.25, 0.3) is 10.0 Å². The Morgan fingerprint density at radius 1 is 1.00 bits per heavy atom. The third-order valence-electron chi connectivity index (χ3n) is 5.65. The molecule has 0 radical (unpaired) electrons. The summed E-state index contributed by atoms with van der Waals surface area (Å²) in [5.41, 5.74) is 0.100. The van der Waals surface area contributed by atoms with Crippen LogP contribution in [-0.2, 0) is 21.4 Å². The summed E-state index contributed by atoms with van der Waals surface area (Å²) in [6.07, 6.45) is 0. The van der Waals surface area contributed by atoms with Crippen LogP contribution < -0.4 is 9.46 Å². The van der Waals surface area contributed by atoms with Gasteiger partial charge in [-0.15, -0.1) is 4.72 Å². The summed E-state index contributed by atoms with van der Waals surface area (Å²) < 4.78 is 79.4. The van der Waals surface area contributed by atoms with Crippen molar-refractivity contribution in [3.05, 3.63) is 95.7 Å². The number of para-hydroxylation sites is 1. The number of methoxy groups -OCH3 is 1. The third kappa shape index (κ3) is 4.73. The normalized spacial score (nSPS) is 14.1. The van der Waals surface area contributed by atoms with Crippen LogP contribution in [0.25, 0.3) is 10.9 Å². The van der Waals surface area contributed by atoms with Crippen LogP contribution in [-0.4, -0.2) is 28.8 Å². The van der Waals surface area contributed by atoms with Crippen molar-refractivity contribution in [1.29, 1.82) is 0 Å². The Balaban J connectivity index is 2.08. The first-order chi connectivity index (χ1) is 17.0. The Labute approximate surface area is 212 Å². The largest absolute Gasteiger partial charge is 0.598 e. The van der Waals surface area contributed by atoms with Crippen LogP contribution in [0.2, 0.25) is 0 Å². The van der Waals surface area contributed by atoms with E-state index in [1.54, 1.807) is 69.3 Å². The van der Waals surface area contributed by atoms with Crippen molar-refractivity contribution < 1.29 is 26.5 Å². The fourth-order valence-corrected chi connectivity index (χ4v) is 6.24. The highest BCUT2D eigenvalue weighted by atomic mass is 32.2. The minimum atomic E-state index is -4.20. The summed E-state index contributed by atoms with van der Waals surface area (Å²) in [6.45, 7) is 5.13. The molecule has 1 aromatic heterocycles. The molecule has 4 aromatic rings. The lowest BCUT2D eigenvalue weighted by molar-refractivity contribution is 0.392. The van der Waals surface area contributed by atoms with E-state index in [1.165, 1.54) is 25.3 Å². The fraction of sp³-hybridized carbons (Fsp3) is 0.231. The molecule has 0 fully saturated rings. The molecule has 1 heterocycles. The first-order valence-corrected chi connectivity index (χ1v) is 13.7. The van der Waals surface area contributed by atoms with Gasteiger partial charge < -0.3 is 9.29 Å². The summed E-state index contributed by atoms with van der Waals surface area (Å²) in [6, 6.07) is 16.9. The van der Waals surface area contributed by atoms with Gasteiger partial charge in [-0.2, -0.15) is 0 Å². The van der Waals surface area contributed by atoms with Crippen molar-refractivity contribution in [3.63, 3.8) is 0 Å². The van der Waals surface area contributed by atoms with Crippen molar-refractivity contribution in [2.75, 3.05) is 7.11 Å². The lowest BCUT2D eigenvalue weighted by Gasteiger charge is -2.29. The molecular formula is C26H26F2N2O4S2. The van der Waals surface area contributed by atoms with E-state index in [0.717, 1.165) is 10.0 Å². The summed E-state index contributed by atoms with van der Waals surface area (Å²) >= 11 is -1.80. The molecule has 1 N–H and O–H groups in total. The lowest BCUT2D eigenvalue weighted by Crippen LogP contribution is -2.42. The minimum Gasteiger partial charge on any atom is -0.598 e. The molecule has 0 aliphatic rings. The molecule has 4 rings (SSSR count). The molecule has 10 heteroatoms. The first-order valence-electron chi connectivity index (χ1n) is 11.1. The van der Waals surface area contributed by atoms with Gasteiger partial charge in [0.2, 0.25) is 0 Å². The van der Waals surface area contributed by atoms with Crippen molar-refractivity contribution in [2.45, 2.75) is 36.5 Å². The topological polar surface area (TPSA) is 83.4 Å². The second-order valence-electron chi connectivity index (χ2n) is 9.12. The van der Waals surface area contributed by atoms with E-state index in [9.17, 15) is 17.4 Å². The van der Waals surface area contributed by atoms with E-state index in [2.05, 4.69) is 4.72 Å². The van der Waals surface area contributed by atoms with Gasteiger partial charge in [-0.25, -0.2) is 21.2 Å². The zero-order chi connectivity index (χ0) is 26.3. The molecule has 0 aliphatic heterocycles. The smallest absolute Gasteiger partial charge is 0.268 e. The predicted molar refractivity (Wildman–Crippen MR) is 137 cm³/mol. The molecule has 0 aliphatic carbocycles. The van der Waals surface area contributed by atoms with Crippen LogP contribution in [0.5, 0.6) is 5.75 Å². The standard InChI is InChI=1S/C26H26F2N2O4S2/c1-26(2,3)35(31)29-25(23-22(34-4)15-14-19(27)24(23)28)21-16-17-10-8-9-13-20(17)30(21)36(32,33)18-11-6-5-7-12-18/h5-16,25,29H,1-4H3/t25?,35-/m0/s1. The Morgan fingerprint density at radius 3 is 2.28 bits per heavy atom. The Bertz CT molecular complexity index is 1500.